The third kappa shape index (κ3) is 6.04. The number of imide groups is 1. The van der Waals surface area contributed by atoms with Crippen LogP contribution in [-0.4, -0.2) is 42.3 Å². The number of hydrogen-bond acceptors (Lipinski definition) is 7. The van der Waals surface area contributed by atoms with Crippen LogP contribution in [-0.2, 0) is 4.79 Å². The molecule has 7 nitrogen and oxygen atoms in total. The van der Waals surface area contributed by atoms with Gasteiger partial charge in [-0.1, -0.05) is 36.4 Å². The van der Waals surface area contributed by atoms with Crippen molar-refractivity contribution in [3.63, 3.8) is 0 Å². The summed E-state index contributed by atoms with van der Waals surface area (Å²) in [7, 11) is 1.46. The number of esters is 1. The minimum Gasteiger partial charge on any atom is -0.493 e. The van der Waals surface area contributed by atoms with E-state index in [1.165, 1.54) is 7.11 Å². The molecule has 2 amide bonds. The van der Waals surface area contributed by atoms with Crippen molar-refractivity contribution in [3.8, 4) is 17.2 Å². The largest absolute Gasteiger partial charge is 0.493 e. The van der Waals surface area contributed by atoms with Gasteiger partial charge in [0, 0.05) is 3.57 Å². The fourth-order valence-electron chi connectivity index (χ4n) is 3.26. The van der Waals surface area contributed by atoms with Gasteiger partial charge in [0.25, 0.3) is 11.1 Å². The smallest absolute Gasteiger partial charge is 0.344 e. The number of hydrogen-bond donors (Lipinski definition) is 0. The van der Waals surface area contributed by atoms with Crippen molar-refractivity contribution in [3.05, 3.63) is 92.4 Å². The monoisotopic (exact) mass is 601 g/mol. The molecule has 9 heteroatoms. The number of nitrogens with zero attached hydrogens (tertiary/aromatic N) is 1. The highest BCUT2D eigenvalue weighted by molar-refractivity contribution is 14.1. The molecule has 1 fully saturated rings. The van der Waals surface area contributed by atoms with Crippen LogP contribution in [0, 0.1) is 3.57 Å². The maximum Gasteiger partial charge on any atom is 0.344 e. The van der Waals surface area contributed by atoms with Gasteiger partial charge in [0.2, 0.25) is 0 Å². The topological polar surface area (TPSA) is 82.1 Å². The number of rotatable bonds is 8. The van der Waals surface area contributed by atoms with E-state index >= 15 is 0 Å². The highest BCUT2D eigenvalue weighted by atomic mass is 127. The molecule has 3 aromatic rings. The molecule has 0 radical (unpaired) electrons. The average Bonchev–Trinajstić information content (AvgIpc) is 3.13. The van der Waals surface area contributed by atoms with Crippen LogP contribution >= 0.6 is 34.4 Å². The minimum absolute atomic E-state index is 0.146. The Balaban J connectivity index is 1.44. The molecule has 0 bridgehead atoms. The zero-order valence-electron chi connectivity index (χ0n) is 18.6. The lowest BCUT2D eigenvalue weighted by Crippen LogP contribution is -2.32. The van der Waals surface area contributed by atoms with Crippen LogP contribution in [0.2, 0.25) is 0 Å². The predicted octanol–water partition coefficient (Wildman–Crippen LogP) is 5.63. The van der Waals surface area contributed by atoms with Crippen LogP contribution in [0.5, 0.6) is 17.2 Å². The van der Waals surface area contributed by atoms with Gasteiger partial charge in [-0.15, -0.1) is 0 Å². The van der Waals surface area contributed by atoms with Gasteiger partial charge < -0.3 is 14.2 Å². The van der Waals surface area contributed by atoms with Crippen molar-refractivity contribution in [2.75, 3.05) is 20.3 Å². The van der Waals surface area contributed by atoms with Crippen molar-refractivity contribution in [1.82, 2.24) is 4.90 Å². The molecule has 0 atom stereocenters. The van der Waals surface area contributed by atoms with E-state index in [1.54, 1.807) is 36.4 Å². The van der Waals surface area contributed by atoms with E-state index in [0.29, 0.717) is 27.5 Å². The summed E-state index contributed by atoms with van der Waals surface area (Å²) in [6.07, 6.45) is 1.61. The van der Waals surface area contributed by atoms with Gasteiger partial charge >= 0.3 is 5.97 Å². The molecule has 1 aliphatic heterocycles. The number of methoxy groups -OCH3 is 1. The van der Waals surface area contributed by atoms with Crippen molar-refractivity contribution >= 4 is 57.5 Å². The molecular formula is C26H20INO6S. The molecule has 0 aromatic heterocycles. The van der Waals surface area contributed by atoms with Crippen LogP contribution < -0.4 is 14.2 Å². The van der Waals surface area contributed by atoms with E-state index in [9.17, 15) is 14.4 Å². The molecule has 35 heavy (non-hydrogen) atoms. The van der Waals surface area contributed by atoms with Gasteiger partial charge in [-0.3, -0.25) is 14.5 Å². The van der Waals surface area contributed by atoms with E-state index in [2.05, 4.69) is 22.6 Å². The number of carbonyl (C=O) groups is 3. The molecule has 1 saturated heterocycles. The highest BCUT2D eigenvalue weighted by Gasteiger charge is 2.34. The maximum absolute atomic E-state index is 12.8. The molecule has 178 valence electrons. The molecule has 0 spiro atoms. The summed E-state index contributed by atoms with van der Waals surface area (Å²) >= 11 is 2.94. The third-order valence-corrected chi connectivity index (χ3v) is 6.83. The number of carbonyl (C=O) groups excluding carboxylic acids is 3. The van der Waals surface area contributed by atoms with Crippen molar-refractivity contribution < 1.29 is 28.6 Å². The summed E-state index contributed by atoms with van der Waals surface area (Å²) in [6.45, 7) is 0.344. The first kappa shape index (κ1) is 24.8. The lowest BCUT2D eigenvalue weighted by Gasteiger charge is -2.13. The number of benzene rings is 3. The molecule has 0 N–H and O–H groups in total. The quantitative estimate of drug-likeness (QED) is 0.143. The SMILES string of the molecule is COc1cc(/C=C2\SC(=O)N(CCOc3ccccc3)C2=O)ccc1OC(=O)c1ccccc1I. The Morgan fingerprint density at radius 1 is 1.00 bits per heavy atom. The molecule has 0 saturated carbocycles. The molecule has 4 rings (SSSR count). The summed E-state index contributed by atoms with van der Waals surface area (Å²) < 4.78 is 17.3. The van der Waals surface area contributed by atoms with Crippen LogP contribution in [0.3, 0.4) is 0 Å². The lowest BCUT2D eigenvalue weighted by molar-refractivity contribution is -0.123. The minimum atomic E-state index is -0.500. The van der Waals surface area contributed by atoms with Gasteiger partial charge in [-0.2, -0.15) is 0 Å². The second-order valence-electron chi connectivity index (χ2n) is 7.27. The Bertz CT molecular complexity index is 1290. The van der Waals surface area contributed by atoms with Gasteiger partial charge in [0.15, 0.2) is 11.5 Å². The number of halogens is 1. The van der Waals surface area contributed by atoms with E-state index < -0.39 is 5.97 Å². The molecular weight excluding hydrogens is 581 g/mol. The summed E-state index contributed by atoms with van der Waals surface area (Å²) in [4.78, 5) is 39.2. The molecule has 0 unspecified atom stereocenters. The Hall–Kier alpha value is -3.31. The van der Waals surface area contributed by atoms with Gasteiger partial charge in [0.1, 0.15) is 12.4 Å². The van der Waals surface area contributed by atoms with Crippen LogP contribution in [0.1, 0.15) is 15.9 Å². The molecule has 0 aliphatic carbocycles. The molecule has 1 aliphatic rings. The Labute approximate surface area is 220 Å². The van der Waals surface area contributed by atoms with E-state index in [4.69, 9.17) is 14.2 Å². The fraction of sp³-hybridized carbons (Fsp3) is 0.115. The molecule has 3 aromatic carbocycles. The Morgan fingerprint density at radius 2 is 1.74 bits per heavy atom. The zero-order chi connectivity index (χ0) is 24.8. The lowest BCUT2D eigenvalue weighted by atomic mass is 10.1. The number of amides is 2. The van der Waals surface area contributed by atoms with E-state index in [0.717, 1.165) is 20.2 Å². The first-order valence-corrected chi connectivity index (χ1v) is 12.4. The second-order valence-corrected chi connectivity index (χ2v) is 9.43. The first-order valence-electron chi connectivity index (χ1n) is 10.5. The van der Waals surface area contributed by atoms with E-state index in [1.807, 2.05) is 42.5 Å². The average molecular weight is 601 g/mol. The van der Waals surface area contributed by atoms with Crippen molar-refractivity contribution in [1.29, 1.82) is 0 Å². The van der Waals surface area contributed by atoms with Gasteiger partial charge in [0.05, 0.1) is 24.1 Å². The van der Waals surface area contributed by atoms with Gasteiger partial charge in [-0.05, 0) is 82.4 Å². The Morgan fingerprint density at radius 3 is 2.49 bits per heavy atom. The third-order valence-electron chi connectivity index (χ3n) is 4.98. The van der Waals surface area contributed by atoms with Crippen molar-refractivity contribution in [2.45, 2.75) is 0 Å². The predicted molar refractivity (Wildman–Crippen MR) is 142 cm³/mol. The number of thioether (sulfide) groups is 1. The van der Waals surface area contributed by atoms with Crippen LogP contribution in [0.4, 0.5) is 4.79 Å². The van der Waals surface area contributed by atoms with Crippen LogP contribution in [0.15, 0.2) is 77.7 Å². The summed E-state index contributed by atoms with van der Waals surface area (Å²) in [5.74, 6) is 0.364. The number of para-hydroxylation sites is 1. The van der Waals surface area contributed by atoms with E-state index in [-0.39, 0.29) is 30.0 Å². The summed E-state index contributed by atoms with van der Waals surface area (Å²) in [5, 5.41) is -0.354. The standard InChI is InChI=1S/C26H20INO6S/c1-32-22-15-17(11-12-21(22)34-25(30)19-9-5-6-10-20(19)27)16-23-24(29)28(26(31)35-23)13-14-33-18-7-3-2-4-8-18/h2-12,15-16H,13-14H2,1H3/b23-16-. The zero-order valence-corrected chi connectivity index (χ0v) is 21.6. The Kier molecular flexibility index (Phi) is 8.09. The fourth-order valence-corrected chi connectivity index (χ4v) is 4.73. The normalized spacial score (nSPS) is 14.3. The van der Waals surface area contributed by atoms with Gasteiger partial charge in [-0.25, -0.2) is 4.79 Å². The maximum atomic E-state index is 12.8. The van der Waals surface area contributed by atoms with Crippen molar-refractivity contribution in [2.24, 2.45) is 0 Å². The number of ether oxygens (including phenoxy) is 3. The second kappa shape index (κ2) is 11.4. The first-order chi connectivity index (χ1) is 17.0. The summed E-state index contributed by atoms with van der Waals surface area (Å²) in [5.41, 5.74) is 1.08. The van der Waals surface area contributed by atoms with Crippen LogP contribution in [0.25, 0.3) is 6.08 Å². The highest BCUT2D eigenvalue weighted by Crippen LogP contribution is 2.35. The summed E-state index contributed by atoms with van der Waals surface area (Å²) in [6, 6.07) is 21.2. The molecule has 1 heterocycles.